The fourth-order valence-electron chi connectivity index (χ4n) is 2.12. The van der Waals surface area contributed by atoms with E-state index in [0.717, 1.165) is 17.1 Å². The summed E-state index contributed by atoms with van der Waals surface area (Å²) in [5, 5.41) is 4.83. The molecular formula is C13H17Cl2NO. The van der Waals surface area contributed by atoms with Crippen molar-refractivity contribution in [1.29, 1.82) is 0 Å². The minimum atomic E-state index is 0.316. The first-order valence-electron chi connectivity index (χ1n) is 5.93. The molecule has 1 aliphatic rings. The Labute approximate surface area is 112 Å². The summed E-state index contributed by atoms with van der Waals surface area (Å²) in [5.41, 5.74) is 1.09. The van der Waals surface area contributed by atoms with E-state index >= 15 is 0 Å². The van der Waals surface area contributed by atoms with Crippen LogP contribution in [0.4, 0.5) is 0 Å². The Hall–Kier alpha value is -0.440. The maximum Gasteiger partial charge on any atom is 0.138 e. The third-order valence-corrected chi connectivity index (χ3v) is 3.75. The lowest BCUT2D eigenvalue weighted by Gasteiger charge is -2.20. The van der Waals surface area contributed by atoms with Crippen molar-refractivity contribution in [3.8, 4) is 5.75 Å². The van der Waals surface area contributed by atoms with Crippen LogP contribution in [0.15, 0.2) is 12.1 Å². The topological polar surface area (TPSA) is 21.3 Å². The third-order valence-electron chi connectivity index (χ3n) is 3.12. The third kappa shape index (κ3) is 2.87. The predicted octanol–water partition coefficient (Wildman–Crippen LogP) is 4.06. The van der Waals surface area contributed by atoms with Gasteiger partial charge in [-0.3, -0.25) is 0 Å². The normalized spacial score (nSPS) is 16.9. The van der Waals surface area contributed by atoms with E-state index in [9.17, 15) is 0 Å². The van der Waals surface area contributed by atoms with E-state index in [1.54, 1.807) is 13.2 Å². The van der Waals surface area contributed by atoms with Crippen LogP contribution in [0, 0.1) is 5.92 Å². The van der Waals surface area contributed by atoms with Crippen LogP contribution in [0.3, 0.4) is 0 Å². The Balaban J connectivity index is 2.32. The molecule has 0 heterocycles. The molecule has 1 aromatic rings. The van der Waals surface area contributed by atoms with Gasteiger partial charge in [0.25, 0.3) is 0 Å². The summed E-state index contributed by atoms with van der Waals surface area (Å²) in [6, 6.07) is 4.04. The second kappa shape index (κ2) is 5.47. The van der Waals surface area contributed by atoms with Gasteiger partial charge in [-0.15, -0.1) is 0 Å². The van der Waals surface area contributed by atoms with Crippen molar-refractivity contribution in [2.75, 3.05) is 13.7 Å². The molecule has 1 aromatic carbocycles. The molecule has 1 N–H and O–H groups in total. The van der Waals surface area contributed by atoms with E-state index < -0.39 is 0 Å². The van der Waals surface area contributed by atoms with E-state index in [4.69, 9.17) is 27.9 Å². The van der Waals surface area contributed by atoms with Gasteiger partial charge in [0.15, 0.2) is 0 Å². The lowest BCUT2D eigenvalue weighted by atomic mass is 10.0. The van der Waals surface area contributed by atoms with Gasteiger partial charge >= 0.3 is 0 Å². The van der Waals surface area contributed by atoms with E-state index in [-0.39, 0.29) is 0 Å². The highest BCUT2D eigenvalue weighted by Crippen LogP contribution is 2.44. The SMILES string of the molecule is CCNC(c1cc(Cl)c(OC)cc1Cl)C1CC1. The molecule has 0 amide bonds. The smallest absolute Gasteiger partial charge is 0.138 e. The average Bonchev–Trinajstić information content (AvgIpc) is 3.13. The molecule has 1 unspecified atom stereocenters. The first kappa shape index (κ1) is 13.0. The monoisotopic (exact) mass is 273 g/mol. The van der Waals surface area contributed by atoms with Crippen LogP contribution < -0.4 is 10.1 Å². The Morgan fingerprint density at radius 3 is 2.59 bits per heavy atom. The first-order chi connectivity index (χ1) is 8.17. The molecular weight excluding hydrogens is 257 g/mol. The molecule has 1 aliphatic carbocycles. The van der Waals surface area contributed by atoms with E-state index in [1.165, 1.54) is 12.8 Å². The summed E-state index contributed by atoms with van der Waals surface area (Å²) < 4.78 is 5.16. The van der Waals surface area contributed by atoms with Gasteiger partial charge < -0.3 is 10.1 Å². The summed E-state index contributed by atoms with van der Waals surface area (Å²) in [6.45, 7) is 3.04. The second-order valence-electron chi connectivity index (χ2n) is 4.38. The Kier molecular flexibility index (Phi) is 4.18. The van der Waals surface area contributed by atoms with Crippen LogP contribution in [0.25, 0.3) is 0 Å². The van der Waals surface area contributed by atoms with Crippen LogP contribution in [0.5, 0.6) is 5.75 Å². The molecule has 0 bridgehead atoms. The van der Waals surface area contributed by atoms with E-state index in [0.29, 0.717) is 22.7 Å². The number of ether oxygens (including phenoxy) is 1. The number of hydrogen-bond donors (Lipinski definition) is 1. The maximum atomic E-state index is 6.30. The van der Waals surface area contributed by atoms with Crippen molar-refractivity contribution < 1.29 is 4.74 Å². The Morgan fingerprint density at radius 2 is 2.06 bits per heavy atom. The lowest BCUT2D eigenvalue weighted by molar-refractivity contribution is 0.414. The van der Waals surface area contributed by atoms with Gasteiger partial charge in [0.1, 0.15) is 5.75 Å². The van der Waals surface area contributed by atoms with Gasteiger partial charge in [-0.05, 0) is 36.9 Å². The van der Waals surface area contributed by atoms with Gasteiger partial charge in [-0.25, -0.2) is 0 Å². The minimum Gasteiger partial charge on any atom is -0.495 e. The molecule has 0 spiro atoms. The summed E-state index contributed by atoms with van der Waals surface area (Å²) in [7, 11) is 1.60. The summed E-state index contributed by atoms with van der Waals surface area (Å²) in [6.07, 6.45) is 2.52. The van der Waals surface area contributed by atoms with Crippen molar-refractivity contribution in [1.82, 2.24) is 5.32 Å². The molecule has 0 aromatic heterocycles. The van der Waals surface area contributed by atoms with Crippen LogP contribution in [0.2, 0.25) is 10.0 Å². The zero-order chi connectivity index (χ0) is 12.4. The quantitative estimate of drug-likeness (QED) is 0.874. The van der Waals surface area contributed by atoms with Gasteiger partial charge in [0.05, 0.1) is 12.1 Å². The zero-order valence-electron chi connectivity index (χ0n) is 10.1. The molecule has 17 heavy (non-hydrogen) atoms. The molecule has 2 rings (SSSR count). The van der Waals surface area contributed by atoms with Crippen LogP contribution >= 0.6 is 23.2 Å². The molecule has 0 saturated heterocycles. The standard InChI is InChI=1S/C13H17Cl2NO/c1-3-16-13(8-4-5-8)9-6-11(15)12(17-2)7-10(9)14/h6-8,13,16H,3-5H2,1-2H3. The maximum absolute atomic E-state index is 6.30. The average molecular weight is 274 g/mol. The fourth-order valence-corrected chi connectivity index (χ4v) is 2.64. The van der Waals surface area contributed by atoms with Crippen molar-refractivity contribution in [2.24, 2.45) is 5.92 Å². The van der Waals surface area contributed by atoms with Crippen molar-refractivity contribution in [3.63, 3.8) is 0 Å². The molecule has 1 fully saturated rings. The minimum absolute atomic E-state index is 0.316. The van der Waals surface area contributed by atoms with Crippen LogP contribution in [-0.2, 0) is 0 Å². The molecule has 4 heteroatoms. The van der Waals surface area contributed by atoms with E-state index in [2.05, 4.69) is 12.2 Å². The zero-order valence-corrected chi connectivity index (χ0v) is 11.6. The second-order valence-corrected chi connectivity index (χ2v) is 5.20. The molecule has 2 nitrogen and oxygen atoms in total. The largest absolute Gasteiger partial charge is 0.495 e. The van der Waals surface area contributed by atoms with Gasteiger partial charge in [-0.2, -0.15) is 0 Å². The van der Waals surface area contributed by atoms with Crippen molar-refractivity contribution in [3.05, 3.63) is 27.7 Å². The summed E-state index contributed by atoms with van der Waals surface area (Å²) in [5.74, 6) is 1.32. The Bertz CT molecular complexity index is 405. The molecule has 1 atom stereocenters. The lowest BCUT2D eigenvalue weighted by Crippen LogP contribution is -2.23. The van der Waals surface area contributed by atoms with Crippen LogP contribution in [0.1, 0.15) is 31.4 Å². The summed E-state index contributed by atoms with van der Waals surface area (Å²) >= 11 is 12.5. The summed E-state index contributed by atoms with van der Waals surface area (Å²) in [4.78, 5) is 0. The van der Waals surface area contributed by atoms with Crippen molar-refractivity contribution >= 4 is 23.2 Å². The highest BCUT2D eigenvalue weighted by molar-refractivity contribution is 6.34. The number of methoxy groups -OCH3 is 1. The number of rotatable bonds is 5. The van der Waals surface area contributed by atoms with Gasteiger partial charge in [0.2, 0.25) is 0 Å². The van der Waals surface area contributed by atoms with Gasteiger partial charge in [0, 0.05) is 17.1 Å². The Morgan fingerprint density at radius 1 is 1.35 bits per heavy atom. The van der Waals surface area contributed by atoms with Gasteiger partial charge in [-0.1, -0.05) is 30.1 Å². The number of benzene rings is 1. The van der Waals surface area contributed by atoms with Crippen LogP contribution in [-0.4, -0.2) is 13.7 Å². The molecule has 1 saturated carbocycles. The fraction of sp³-hybridized carbons (Fsp3) is 0.538. The number of hydrogen-bond acceptors (Lipinski definition) is 2. The number of nitrogens with one attached hydrogen (secondary N) is 1. The highest BCUT2D eigenvalue weighted by atomic mass is 35.5. The van der Waals surface area contributed by atoms with E-state index in [1.807, 2.05) is 6.07 Å². The number of halogens is 2. The molecule has 0 aliphatic heterocycles. The molecule has 0 radical (unpaired) electrons. The highest BCUT2D eigenvalue weighted by Gasteiger charge is 2.33. The predicted molar refractivity (Wildman–Crippen MR) is 72.2 cm³/mol. The first-order valence-corrected chi connectivity index (χ1v) is 6.69. The molecule has 94 valence electrons. The van der Waals surface area contributed by atoms with Crippen molar-refractivity contribution in [2.45, 2.75) is 25.8 Å².